The number of hydrogen-bond acceptors (Lipinski definition) is 6. The summed E-state index contributed by atoms with van der Waals surface area (Å²) in [5.41, 5.74) is 1.18. The van der Waals surface area contributed by atoms with Crippen molar-refractivity contribution in [2.75, 3.05) is 7.11 Å². The molecule has 0 atom stereocenters. The molecule has 4 aromatic rings. The van der Waals surface area contributed by atoms with Gasteiger partial charge in [0.15, 0.2) is 11.0 Å². The van der Waals surface area contributed by atoms with Gasteiger partial charge in [-0.2, -0.15) is 0 Å². The summed E-state index contributed by atoms with van der Waals surface area (Å²) in [6.07, 6.45) is 1.69. The average molecular weight is 383 g/mol. The third kappa shape index (κ3) is 3.68. The van der Waals surface area contributed by atoms with Crippen LogP contribution in [0.3, 0.4) is 0 Å². The number of aromatic nitrogens is 3. The van der Waals surface area contributed by atoms with Crippen molar-refractivity contribution in [1.82, 2.24) is 14.8 Å². The molecular formula is C19H17N3O2S2. The molecule has 5 nitrogen and oxygen atoms in total. The van der Waals surface area contributed by atoms with E-state index in [4.69, 9.17) is 9.15 Å². The van der Waals surface area contributed by atoms with Crippen LogP contribution in [-0.2, 0) is 12.3 Å². The fourth-order valence-corrected chi connectivity index (χ4v) is 4.19. The van der Waals surface area contributed by atoms with Crippen molar-refractivity contribution in [3.8, 4) is 16.5 Å². The molecule has 0 aliphatic carbocycles. The van der Waals surface area contributed by atoms with Gasteiger partial charge in [-0.3, -0.25) is 4.57 Å². The van der Waals surface area contributed by atoms with E-state index in [9.17, 15) is 0 Å². The zero-order chi connectivity index (χ0) is 17.8. The van der Waals surface area contributed by atoms with E-state index in [-0.39, 0.29) is 0 Å². The molecule has 0 aliphatic heterocycles. The van der Waals surface area contributed by atoms with E-state index in [1.54, 1.807) is 36.5 Å². The first-order chi connectivity index (χ1) is 12.8. The van der Waals surface area contributed by atoms with Gasteiger partial charge in [-0.25, -0.2) is 0 Å². The largest absolute Gasteiger partial charge is 0.497 e. The molecule has 0 bridgehead atoms. The van der Waals surface area contributed by atoms with Gasteiger partial charge in [-0.05, 0) is 41.3 Å². The highest BCUT2D eigenvalue weighted by atomic mass is 32.2. The Morgan fingerprint density at radius 2 is 2.12 bits per heavy atom. The fourth-order valence-electron chi connectivity index (χ4n) is 2.59. The molecule has 0 saturated carbocycles. The second kappa shape index (κ2) is 7.80. The third-order valence-electron chi connectivity index (χ3n) is 3.85. The van der Waals surface area contributed by atoms with E-state index < -0.39 is 0 Å². The molecule has 0 saturated heterocycles. The zero-order valence-electron chi connectivity index (χ0n) is 14.2. The van der Waals surface area contributed by atoms with Crippen molar-refractivity contribution in [2.24, 2.45) is 0 Å². The molecule has 0 N–H and O–H groups in total. The topological polar surface area (TPSA) is 53.1 Å². The van der Waals surface area contributed by atoms with Gasteiger partial charge in [-0.15, -0.1) is 21.5 Å². The highest BCUT2D eigenvalue weighted by molar-refractivity contribution is 7.98. The quantitative estimate of drug-likeness (QED) is 0.423. The Labute approximate surface area is 159 Å². The molecule has 0 fully saturated rings. The minimum atomic E-state index is 0.605. The first kappa shape index (κ1) is 16.9. The predicted molar refractivity (Wildman–Crippen MR) is 104 cm³/mol. The molecule has 1 aromatic carbocycles. The van der Waals surface area contributed by atoms with Gasteiger partial charge in [-0.1, -0.05) is 30.0 Å². The Bertz CT molecular complexity index is 963. The Morgan fingerprint density at radius 1 is 1.15 bits per heavy atom. The van der Waals surface area contributed by atoms with Gasteiger partial charge in [0.2, 0.25) is 0 Å². The molecule has 0 amide bonds. The van der Waals surface area contributed by atoms with Gasteiger partial charge < -0.3 is 9.15 Å². The molecule has 4 rings (SSSR count). The van der Waals surface area contributed by atoms with Crippen LogP contribution < -0.4 is 4.74 Å². The first-order valence-electron chi connectivity index (χ1n) is 8.08. The molecule has 0 unspecified atom stereocenters. The maximum absolute atomic E-state index is 5.53. The van der Waals surface area contributed by atoms with Gasteiger partial charge in [0.1, 0.15) is 11.5 Å². The van der Waals surface area contributed by atoms with Crippen LogP contribution >= 0.6 is 23.1 Å². The van der Waals surface area contributed by atoms with Crippen molar-refractivity contribution < 1.29 is 9.15 Å². The molecule has 0 radical (unpaired) electrons. The van der Waals surface area contributed by atoms with Crippen LogP contribution in [0.25, 0.3) is 10.7 Å². The number of hydrogen-bond donors (Lipinski definition) is 0. The second-order valence-corrected chi connectivity index (χ2v) is 7.48. The van der Waals surface area contributed by atoms with Crippen molar-refractivity contribution in [2.45, 2.75) is 17.5 Å². The van der Waals surface area contributed by atoms with Gasteiger partial charge in [0.25, 0.3) is 0 Å². The van der Waals surface area contributed by atoms with Crippen molar-refractivity contribution in [1.29, 1.82) is 0 Å². The van der Waals surface area contributed by atoms with Crippen LogP contribution in [0.2, 0.25) is 0 Å². The monoisotopic (exact) mass is 383 g/mol. The van der Waals surface area contributed by atoms with Gasteiger partial charge in [0, 0.05) is 5.75 Å². The molecule has 132 valence electrons. The van der Waals surface area contributed by atoms with E-state index in [0.29, 0.717) is 6.54 Å². The Morgan fingerprint density at radius 3 is 2.88 bits per heavy atom. The number of ether oxygens (including phenoxy) is 1. The third-order valence-corrected chi connectivity index (χ3v) is 5.76. The minimum Gasteiger partial charge on any atom is -0.497 e. The summed E-state index contributed by atoms with van der Waals surface area (Å²) in [6.45, 7) is 0.605. The summed E-state index contributed by atoms with van der Waals surface area (Å²) in [5, 5.41) is 11.8. The van der Waals surface area contributed by atoms with Crippen LogP contribution in [0.4, 0.5) is 0 Å². The van der Waals surface area contributed by atoms with Crippen molar-refractivity contribution in [3.63, 3.8) is 0 Å². The maximum atomic E-state index is 5.53. The summed E-state index contributed by atoms with van der Waals surface area (Å²) in [4.78, 5) is 1.09. The van der Waals surface area contributed by atoms with Crippen LogP contribution in [0, 0.1) is 0 Å². The number of methoxy groups -OCH3 is 1. The van der Waals surface area contributed by atoms with Crippen molar-refractivity contribution in [3.05, 3.63) is 71.5 Å². The smallest absolute Gasteiger partial charge is 0.192 e. The lowest BCUT2D eigenvalue weighted by Gasteiger charge is -2.08. The predicted octanol–water partition coefficient (Wildman–Crippen LogP) is 4.95. The summed E-state index contributed by atoms with van der Waals surface area (Å²) in [7, 11) is 1.68. The van der Waals surface area contributed by atoms with Crippen LogP contribution in [0.1, 0.15) is 11.3 Å². The van der Waals surface area contributed by atoms with E-state index in [1.807, 2.05) is 41.8 Å². The molecule has 3 aromatic heterocycles. The summed E-state index contributed by atoms with van der Waals surface area (Å²) < 4.78 is 12.9. The Hall–Kier alpha value is -2.51. The number of nitrogens with zero attached hydrogens (tertiary/aromatic N) is 3. The van der Waals surface area contributed by atoms with E-state index in [2.05, 4.69) is 26.9 Å². The first-order valence-corrected chi connectivity index (χ1v) is 9.95. The lowest BCUT2D eigenvalue weighted by Crippen LogP contribution is -2.03. The highest BCUT2D eigenvalue weighted by Gasteiger charge is 2.16. The standard InChI is InChI=1S/C19H17N3O2S2/c1-23-15-6-2-5-14(11-15)13-26-19-21-20-18(17-8-4-10-25-17)22(19)12-16-7-3-9-24-16/h2-11H,12-13H2,1H3. The summed E-state index contributed by atoms with van der Waals surface area (Å²) in [6, 6.07) is 16.0. The minimum absolute atomic E-state index is 0.605. The molecule has 0 spiro atoms. The Balaban J connectivity index is 1.60. The van der Waals surface area contributed by atoms with Crippen LogP contribution in [0.5, 0.6) is 5.75 Å². The number of thioether (sulfide) groups is 1. The van der Waals surface area contributed by atoms with E-state index in [1.165, 1.54) is 5.56 Å². The van der Waals surface area contributed by atoms with E-state index >= 15 is 0 Å². The highest BCUT2D eigenvalue weighted by Crippen LogP contribution is 2.30. The second-order valence-electron chi connectivity index (χ2n) is 5.59. The van der Waals surface area contributed by atoms with Crippen LogP contribution in [0.15, 0.2) is 69.7 Å². The number of furan rings is 1. The lowest BCUT2D eigenvalue weighted by atomic mass is 10.2. The lowest BCUT2D eigenvalue weighted by molar-refractivity contribution is 0.414. The number of benzene rings is 1. The molecule has 7 heteroatoms. The zero-order valence-corrected chi connectivity index (χ0v) is 15.8. The maximum Gasteiger partial charge on any atom is 0.192 e. The summed E-state index contributed by atoms with van der Waals surface area (Å²) >= 11 is 3.31. The number of rotatable bonds is 7. The molecule has 0 aliphatic rings. The fraction of sp³-hybridized carbons (Fsp3) is 0.158. The SMILES string of the molecule is COc1cccc(CSc2nnc(-c3cccs3)n2Cc2ccco2)c1. The van der Waals surface area contributed by atoms with Gasteiger partial charge in [0.05, 0.1) is 24.8 Å². The number of thiophene rings is 1. The molecular weight excluding hydrogens is 366 g/mol. The normalized spacial score (nSPS) is 11.0. The average Bonchev–Trinajstić information content (AvgIpc) is 3.43. The molecule has 3 heterocycles. The Kier molecular flexibility index (Phi) is 5.08. The summed E-state index contributed by atoms with van der Waals surface area (Å²) in [5.74, 6) is 3.40. The molecule has 26 heavy (non-hydrogen) atoms. The van der Waals surface area contributed by atoms with Gasteiger partial charge >= 0.3 is 0 Å². The van der Waals surface area contributed by atoms with E-state index in [0.717, 1.165) is 33.1 Å². The van der Waals surface area contributed by atoms with Crippen molar-refractivity contribution >= 4 is 23.1 Å². The van der Waals surface area contributed by atoms with Crippen LogP contribution in [-0.4, -0.2) is 21.9 Å².